The molecule has 21 heteroatoms. The molecule has 2 radical (unpaired) electrons. The fourth-order valence-electron chi connectivity index (χ4n) is 6.76. The molecule has 2 aliphatic heterocycles. The summed E-state index contributed by atoms with van der Waals surface area (Å²) in [5, 5.41) is 14.0. The van der Waals surface area contributed by atoms with Crippen LogP contribution < -0.4 is 10.9 Å². The quantitative estimate of drug-likeness (QED) is 0.0619. The number of halogens is 3. The third kappa shape index (κ3) is 20.7. The van der Waals surface area contributed by atoms with Crippen LogP contribution in [0.5, 0.6) is 0 Å². The molecule has 0 unspecified atom stereocenters. The molecule has 428 valence electrons. The Balaban J connectivity index is 0.000000347. The van der Waals surface area contributed by atoms with E-state index in [4.69, 9.17) is 41.8 Å². The molecule has 4 aromatic heterocycles. The number of aliphatic hydroxyl groups excluding tert-OH is 2. The van der Waals surface area contributed by atoms with Gasteiger partial charge in [-0.3, -0.25) is 9.54 Å². The maximum Gasteiger partial charge on any atom is 0.522 e. The molecule has 0 amide bonds. The molecule has 6 heterocycles. The molecule has 0 atom stereocenters. The smallest absolute Gasteiger partial charge is 0.400 e. The second-order valence-electron chi connectivity index (χ2n) is 18.7. The third-order valence-electron chi connectivity index (χ3n) is 12.3. The molecule has 10 rings (SSSR count). The Morgan fingerprint density at radius 1 is 0.438 bits per heavy atom. The molecule has 3 N–H and O–H groups in total. The van der Waals surface area contributed by atoms with Crippen molar-refractivity contribution in [2.45, 2.75) is 83.3 Å². The Morgan fingerprint density at radius 3 is 1.05 bits per heavy atom. The molecule has 2 fully saturated rings. The SMILES string of the molecule is CC1(C)OB(c2ccnc(-c3[c-]cccc3)c2)OC1(C)C.CC1(C)OB(c2ccnc(-c3ccccc3)c2)OC1(C)C.CO.CO.O=S(=O)(O)C(F)(F)F.[Ir].[Ir].[c-]1ccccc1-c1ccccn1.[c-]1ccccc1-c1ccccn1. The third-order valence-corrected chi connectivity index (χ3v) is 12.9. The van der Waals surface area contributed by atoms with Crippen LogP contribution in [0.25, 0.3) is 45.0 Å². The van der Waals surface area contributed by atoms with Gasteiger partial charge >= 0.3 is 29.9 Å². The van der Waals surface area contributed by atoms with E-state index in [9.17, 15) is 13.2 Å². The first kappa shape index (κ1) is 70.5. The van der Waals surface area contributed by atoms with Crippen molar-refractivity contribution in [2.75, 3.05) is 14.2 Å². The standard InChI is InChI=1S/C17H20BNO2.C17H19BNO2.2C11H8N.CHF3O3S.2CH4O.2Ir/c2*1-16(2)17(3,4)21-18(20-16)14-10-11-19-15(12-14)13-8-6-5-7-9-13;2*1-2-6-10(7-3-1)11-8-4-5-9-12-11;2-1(3,4)8(5,6)7;2*1-2;;/h5-12H,1-4H3;5-8,10-12H,1-4H3;2*1-6,8-9H;(H,5,6,7);2*2H,1H3;;/q;3*-1;;;;;. The maximum absolute atomic E-state index is 10.7. The van der Waals surface area contributed by atoms with Crippen molar-refractivity contribution in [1.82, 2.24) is 19.9 Å². The van der Waals surface area contributed by atoms with E-state index >= 15 is 0 Å². The van der Waals surface area contributed by atoms with Gasteiger partial charge in [0.15, 0.2) is 0 Å². The van der Waals surface area contributed by atoms with E-state index < -0.39 is 15.6 Å². The van der Waals surface area contributed by atoms with Gasteiger partial charge < -0.3 is 43.8 Å². The summed E-state index contributed by atoms with van der Waals surface area (Å²) in [5.41, 5.74) is 3.03. The number of rotatable bonds is 6. The Kier molecular flexibility index (Phi) is 28.8. The molecule has 0 spiro atoms. The van der Waals surface area contributed by atoms with Crippen LogP contribution in [0.2, 0.25) is 0 Å². The Morgan fingerprint density at radius 2 is 0.738 bits per heavy atom. The number of pyridine rings is 4. The van der Waals surface area contributed by atoms with Crippen LogP contribution in [-0.4, -0.2) is 99.5 Å². The van der Waals surface area contributed by atoms with E-state index in [-0.39, 0.29) is 76.9 Å². The first-order valence-corrected chi connectivity index (χ1v) is 25.8. The molecule has 80 heavy (non-hydrogen) atoms. The van der Waals surface area contributed by atoms with E-state index in [0.29, 0.717) is 0 Å². The van der Waals surface area contributed by atoms with Gasteiger partial charge in [0.05, 0.1) is 28.1 Å². The minimum atomic E-state index is -5.84. The monoisotopic (exact) mass is 1470 g/mol. The average Bonchev–Trinajstić information content (AvgIpc) is 3.82. The van der Waals surface area contributed by atoms with Gasteiger partial charge in [-0.1, -0.05) is 60.7 Å². The zero-order valence-electron chi connectivity index (χ0n) is 45.8. The first-order chi connectivity index (χ1) is 37.0. The van der Waals surface area contributed by atoms with Crippen LogP contribution >= 0.6 is 0 Å². The number of aliphatic hydroxyl groups is 2. The van der Waals surface area contributed by atoms with Gasteiger partial charge in [-0.15, -0.1) is 108 Å². The molecule has 0 saturated carbocycles. The normalized spacial score (nSPS) is 14.8. The van der Waals surface area contributed by atoms with Crippen LogP contribution in [0.15, 0.2) is 189 Å². The zero-order chi connectivity index (χ0) is 57.6. The average molecular weight is 1470 g/mol. The van der Waals surface area contributed by atoms with Crippen LogP contribution in [0, 0.1) is 18.2 Å². The van der Waals surface area contributed by atoms with E-state index in [1.54, 1.807) is 18.6 Å². The first-order valence-electron chi connectivity index (χ1n) is 24.3. The van der Waals surface area contributed by atoms with Gasteiger partial charge in [-0.05, 0) is 114 Å². The molecule has 2 aliphatic rings. The number of alkyl halides is 3. The zero-order valence-corrected chi connectivity index (χ0v) is 51.4. The number of benzene rings is 4. The second kappa shape index (κ2) is 32.7. The van der Waals surface area contributed by atoms with Crippen molar-refractivity contribution in [3.63, 3.8) is 0 Å². The van der Waals surface area contributed by atoms with Crippen molar-refractivity contribution < 1.29 is 95.2 Å². The van der Waals surface area contributed by atoms with E-state index in [0.717, 1.165) is 70.2 Å². The van der Waals surface area contributed by atoms with Gasteiger partial charge in [0, 0.05) is 84.8 Å². The predicted octanol–water partition coefficient (Wildman–Crippen LogP) is 10.6. The summed E-state index contributed by atoms with van der Waals surface area (Å²) in [6, 6.07) is 62.7. The van der Waals surface area contributed by atoms with Crippen LogP contribution in [0.3, 0.4) is 0 Å². The van der Waals surface area contributed by atoms with Crippen molar-refractivity contribution in [3.05, 3.63) is 207 Å². The fraction of sp³-hybridized carbons (Fsp3) is 0.254. The molecule has 13 nitrogen and oxygen atoms in total. The van der Waals surface area contributed by atoms with Crippen LogP contribution in [0.1, 0.15) is 55.4 Å². The van der Waals surface area contributed by atoms with E-state index in [2.05, 4.69) is 106 Å². The topological polar surface area (TPSA) is 183 Å². The predicted molar refractivity (Wildman–Crippen MR) is 301 cm³/mol. The van der Waals surface area contributed by atoms with Gasteiger partial charge in [0.1, 0.15) is 0 Å². The molecule has 0 aliphatic carbocycles. The summed E-state index contributed by atoms with van der Waals surface area (Å²) in [6.07, 6.45) is 7.17. The summed E-state index contributed by atoms with van der Waals surface area (Å²) in [4.78, 5) is 17.3. The Hall–Kier alpha value is -5.63. The maximum atomic E-state index is 10.7. The largest absolute Gasteiger partial charge is 0.522 e. The van der Waals surface area contributed by atoms with E-state index in [1.165, 1.54) is 0 Å². The van der Waals surface area contributed by atoms with Crippen molar-refractivity contribution >= 4 is 35.3 Å². The minimum absolute atomic E-state index is 0. The van der Waals surface area contributed by atoms with Crippen LogP contribution in [-0.2, 0) is 68.9 Å². The van der Waals surface area contributed by atoms with Crippen LogP contribution in [0.4, 0.5) is 13.2 Å². The van der Waals surface area contributed by atoms with Gasteiger partial charge in [-0.25, -0.2) is 0 Å². The molecule has 0 bridgehead atoms. The fourth-order valence-corrected chi connectivity index (χ4v) is 6.76. The number of hydrogen-bond acceptors (Lipinski definition) is 12. The molecule has 2 saturated heterocycles. The molecule has 8 aromatic rings. The van der Waals surface area contributed by atoms with Crippen molar-refractivity contribution in [1.29, 1.82) is 0 Å². The second-order valence-corrected chi connectivity index (χ2v) is 20.1. The van der Waals surface area contributed by atoms with Crippen molar-refractivity contribution in [2.24, 2.45) is 0 Å². The van der Waals surface area contributed by atoms with Gasteiger partial charge in [0.25, 0.3) is 0 Å². The summed E-state index contributed by atoms with van der Waals surface area (Å²) in [5.74, 6) is 0. The van der Waals surface area contributed by atoms with Gasteiger partial charge in [-0.2, -0.15) is 21.6 Å². The summed E-state index contributed by atoms with van der Waals surface area (Å²) < 4.78 is 81.9. The summed E-state index contributed by atoms with van der Waals surface area (Å²) in [6.45, 7) is 16.5. The summed E-state index contributed by atoms with van der Waals surface area (Å²) in [7, 11) is -4.55. The molecular formula is C59H64B2F3Ir2N4O9S-3. The number of aromatic nitrogens is 4. The van der Waals surface area contributed by atoms with Crippen molar-refractivity contribution in [3.8, 4) is 45.0 Å². The molecule has 4 aromatic carbocycles. The number of hydrogen-bond donors (Lipinski definition) is 3. The van der Waals surface area contributed by atoms with E-state index in [1.807, 2.05) is 158 Å². The number of nitrogens with zero attached hydrogens (tertiary/aromatic N) is 4. The summed E-state index contributed by atoms with van der Waals surface area (Å²) >= 11 is 0. The minimum Gasteiger partial charge on any atom is -0.400 e. The molecular weight excluding hydrogens is 1400 g/mol. The Labute approximate surface area is 496 Å². The van der Waals surface area contributed by atoms with Gasteiger partial charge in [0.2, 0.25) is 0 Å². The Bertz CT molecular complexity index is 2820.